The highest BCUT2D eigenvalue weighted by Gasteiger charge is 2.30. The summed E-state index contributed by atoms with van der Waals surface area (Å²) in [5.74, 6) is -0.184. The molecule has 122 valence electrons. The second kappa shape index (κ2) is 6.22. The molecule has 1 aromatic heterocycles. The van der Waals surface area contributed by atoms with E-state index < -0.39 is 9.84 Å². The van der Waals surface area contributed by atoms with Crippen LogP contribution in [0.25, 0.3) is 10.6 Å². The lowest BCUT2D eigenvalue weighted by molar-refractivity contribution is 0.0936. The molecule has 0 radical (unpaired) electrons. The molecule has 23 heavy (non-hydrogen) atoms. The lowest BCUT2D eigenvalue weighted by Crippen LogP contribution is -2.36. The van der Waals surface area contributed by atoms with Crippen molar-refractivity contribution in [3.05, 3.63) is 39.9 Å². The first-order valence-electron chi connectivity index (χ1n) is 7.09. The number of hydrogen-bond acceptors (Lipinski definition) is 5. The molecule has 0 bridgehead atoms. The fourth-order valence-electron chi connectivity index (χ4n) is 2.49. The van der Waals surface area contributed by atoms with E-state index in [0.29, 0.717) is 17.1 Å². The second-order valence-electron chi connectivity index (χ2n) is 5.50. The molecule has 0 aliphatic carbocycles. The molecule has 1 saturated heterocycles. The number of aryl methyl sites for hydroxylation is 1. The maximum absolute atomic E-state index is 12.3. The first-order valence-corrected chi connectivity index (χ1v) is 10.1. The van der Waals surface area contributed by atoms with Crippen LogP contribution in [-0.4, -0.2) is 36.9 Å². The molecule has 3 rings (SSSR count). The predicted octanol–water partition coefficient (Wildman–Crippen LogP) is 2.69. The third kappa shape index (κ3) is 3.73. The number of benzene rings is 1. The minimum atomic E-state index is -3.02. The van der Waals surface area contributed by atoms with Crippen LogP contribution in [0.4, 0.5) is 0 Å². The van der Waals surface area contributed by atoms with Crippen LogP contribution in [0.2, 0.25) is 5.02 Å². The van der Waals surface area contributed by atoms with Crippen LogP contribution < -0.4 is 5.32 Å². The van der Waals surface area contributed by atoms with Crippen LogP contribution in [0.15, 0.2) is 24.3 Å². The van der Waals surface area contributed by atoms with Crippen molar-refractivity contribution in [3.63, 3.8) is 0 Å². The molecule has 1 fully saturated rings. The molecular weight excluding hydrogens is 356 g/mol. The Morgan fingerprint density at radius 1 is 1.35 bits per heavy atom. The maximum Gasteiger partial charge on any atom is 0.271 e. The Bertz CT molecular complexity index is 844. The van der Waals surface area contributed by atoms with Crippen molar-refractivity contribution in [1.29, 1.82) is 0 Å². The first kappa shape index (κ1) is 16.4. The summed E-state index contributed by atoms with van der Waals surface area (Å²) >= 11 is 7.30. The number of halogens is 1. The Hall–Kier alpha value is -1.44. The number of aromatic nitrogens is 1. The number of nitrogens with one attached hydrogen (secondary N) is 1. The zero-order chi connectivity index (χ0) is 16.6. The van der Waals surface area contributed by atoms with E-state index in [1.54, 1.807) is 12.1 Å². The summed E-state index contributed by atoms with van der Waals surface area (Å²) in [4.78, 5) is 17.5. The normalized spacial score (nSPS) is 19.7. The highest BCUT2D eigenvalue weighted by Crippen LogP contribution is 2.28. The van der Waals surface area contributed by atoms with Gasteiger partial charge in [-0.2, -0.15) is 0 Å². The number of rotatable bonds is 3. The zero-order valence-electron chi connectivity index (χ0n) is 12.4. The number of hydrogen-bond donors (Lipinski definition) is 1. The van der Waals surface area contributed by atoms with E-state index in [4.69, 9.17) is 11.6 Å². The van der Waals surface area contributed by atoms with Crippen molar-refractivity contribution in [2.75, 3.05) is 11.5 Å². The molecule has 1 aromatic carbocycles. The van der Waals surface area contributed by atoms with Crippen molar-refractivity contribution in [3.8, 4) is 10.6 Å². The number of carbonyl (C=O) groups excluding carboxylic acids is 1. The van der Waals surface area contributed by atoms with E-state index in [-0.39, 0.29) is 23.5 Å². The summed E-state index contributed by atoms with van der Waals surface area (Å²) in [6.45, 7) is 1.83. The summed E-state index contributed by atoms with van der Waals surface area (Å²) in [7, 11) is -3.02. The molecule has 1 aliphatic rings. The Kier molecular flexibility index (Phi) is 4.44. The van der Waals surface area contributed by atoms with Crippen LogP contribution in [0.3, 0.4) is 0 Å². The third-order valence-corrected chi connectivity index (χ3v) is 6.71. The SMILES string of the molecule is Cc1sc(-c2ccc(Cl)cc2)nc1C(=O)N[C@H]1CCS(=O)(=O)C1. The van der Waals surface area contributed by atoms with E-state index in [1.165, 1.54) is 11.3 Å². The quantitative estimate of drug-likeness (QED) is 0.901. The topological polar surface area (TPSA) is 76.1 Å². The van der Waals surface area contributed by atoms with Gasteiger partial charge >= 0.3 is 0 Å². The zero-order valence-corrected chi connectivity index (χ0v) is 14.8. The standard InChI is InChI=1S/C15H15ClN2O3S2/c1-9-13(14(19)17-12-6-7-23(20,21)8-12)18-15(22-9)10-2-4-11(16)5-3-10/h2-5,12H,6-8H2,1H3,(H,17,19)/t12-/m0/s1. The molecule has 5 nitrogen and oxygen atoms in total. The van der Waals surface area contributed by atoms with Crippen molar-refractivity contribution in [2.24, 2.45) is 0 Å². The predicted molar refractivity (Wildman–Crippen MR) is 91.8 cm³/mol. The smallest absolute Gasteiger partial charge is 0.271 e. The van der Waals surface area contributed by atoms with Crippen molar-refractivity contribution < 1.29 is 13.2 Å². The van der Waals surface area contributed by atoms with Gasteiger partial charge in [-0.15, -0.1) is 11.3 Å². The van der Waals surface area contributed by atoms with Crippen LogP contribution in [-0.2, 0) is 9.84 Å². The van der Waals surface area contributed by atoms with E-state index in [0.717, 1.165) is 15.4 Å². The minimum Gasteiger partial charge on any atom is -0.347 e. The average molecular weight is 371 g/mol. The Morgan fingerprint density at radius 2 is 2.04 bits per heavy atom. The van der Waals surface area contributed by atoms with E-state index in [1.807, 2.05) is 19.1 Å². The van der Waals surface area contributed by atoms with Crippen LogP contribution in [0.5, 0.6) is 0 Å². The summed E-state index contributed by atoms with van der Waals surface area (Å²) in [6.07, 6.45) is 0.460. The van der Waals surface area contributed by atoms with Gasteiger partial charge < -0.3 is 5.32 Å². The van der Waals surface area contributed by atoms with Crippen molar-refractivity contribution in [1.82, 2.24) is 10.3 Å². The van der Waals surface area contributed by atoms with Crippen LogP contribution in [0.1, 0.15) is 21.8 Å². The Morgan fingerprint density at radius 3 is 2.65 bits per heavy atom. The average Bonchev–Trinajstić information content (AvgIpc) is 3.02. The van der Waals surface area contributed by atoms with Gasteiger partial charge in [0.2, 0.25) is 0 Å². The van der Waals surface area contributed by atoms with E-state index >= 15 is 0 Å². The second-order valence-corrected chi connectivity index (χ2v) is 9.37. The molecule has 1 amide bonds. The van der Waals surface area contributed by atoms with Gasteiger partial charge in [0.05, 0.1) is 11.5 Å². The van der Waals surface area contributed by atoms with Crippen molar-refractivity contribution >= 4 is 38.7 Å². The molecule has 0 spiro atoms. The minimum absolute atomic E-state index is 0.00592. The van der Waals surface area contributed by atoms with Crippen molar-refractivity contribution in [2.45, 2.75) is 19.4 Å². The van der Waals surface area contributed by atoms with Gasteiger partial charge in [-0.1, -0.05) is 23.7 Å². The molecule has 0 saturated carbocycles. The number of nitrogens with zero attached hydrogens (tertiary/aromatic N) is 1. The number of amides is 1. The third-order valence-electron chi connectivity index (χ3n) is 3.67. The fourth-order valence-corrected chi connectivity index (χ4v) is 5.20. The molecule has 0 unspecified atom stereocenters. The van der Waals surface area contributed by atoms with E-state index in [2.05, 4.69) is 10.3 Å². The largest absolute Gasteiger partial charge is 0.347 e. The number of sulfone groups is 1. The van der Waals surface area contributed by atoms with Gasteiger partial charge in [-0.05, 0) is 25.5 Å². The fraction of sp³-hybridized carbons (Fsp3) is 0.333. The summed E-state index contributed by atoms with van der Waals surface area (Å²) in [5, 5.41) is 4.15. The molecule has 1 N–H and O–H groups in total. The molecule has 1 aliphatic heterocycles. The number of carbonyl (C=O) groups is 1. The lowest BCUT2D eigenvalue weighted by atomic mass is 10.2. The maximum atomic E-state index is 12.3. The molecular formula is C15H15ClN2O3S2. The first-order chi connectivity index (χ1) is 10.8. The van der Waals surface area contributed by atoms with Gasteiger partial charge in [0.15, 0.2) is 9.84 Å². The molecule has 2 aromatic rings. The summed E-state index contributed by atoms with van der Waals surface area (Å²) in [6, 6.07) is 6.93. The van der Waals surface area contributed by atoms with Gasteiger partial charge in [-0.25, -0.2) is 13.4 Å². The molecule has 8 heteroatoms. The lowest BCUT2D eigenvalue weighted by Gasteiger charge is -2.09. The van der Waals surface area contributed by atoms with Crippen LogP contribution in [0, 0.1) is 6.92 Å². The highest BCUT2D eigenvalue weighted by molar-refractivity contribution is 7.91. The highest BCUT2D eigenvalue weighted by atomic mass is 35.5. The Balaban J connectivity index is 1.78. The van der Waals surface area contributed by atoms with Crippen LogP contribution >= 0.6 is 22.9 Å². The van der Waals surface area contributed by atoms with Gasteiger partial charge in [0, 0.05) is 21.5 Å². The van der Waals surface area contributed by atoms with Gasteiger partial charge in [-0.3, -0.25) is 4.79 Å². The van der Waals surface area contributed by atoms with Gasteiger partial charge in [0.25, 0.3) is 5.91 Å². The monoisotopic (exact) mass is 370 g/mol. The summed E-state index contributed by atoms with van der Waals surface area (Å²) < 4.78 is 22.9. The van der Waals surface area contributed by atoms with Gasteiger partial charge in [0.1, 0.15) is 10.7 Å². The summed E-state index contributed by atoms with van der Waals surface area (Å²) in [5.41, 5.74) is 1.24. The van der Waals surface area contributed by atoms with E-state index in [9.17, 15) is 13.2 Å². The number of thiazole rings is 1. The molecule has 2 heterocycles. The Labute approximate surface area is 143 Å². The molecule has 1 atom stereocenters.